The lowest BCUT2D eigenvalue weighted by molar-refractivity contribution is -0.0385. The number of furan rings is 1. The second-order valence-electron chi connectivity index (χ2n) is 11.3. The average Bonchev–Trinajstić information content (AvgIpc) is 3.51. The fraction of sp³-hybridized carbons (Fsp3) is 0.786. The van der Waals surface area contributed by atoms with Crippen LogP contribution in [0.15, 0.2) is 23.0 Å². The van der Waals surface area contributed by atoms with Crippen LogP contribution in [0.1, 0.15) is 94.3 Å². The van der Waals surface area contributed by atoms with Crippen molar-refractivity contribution >= 4 is 12.0 Å². The molecule has 4 heterocycles. The van der Waals surface area contributed by atoms with Gasteiger partial charge in [-0.1, -0.05) is 39.0 Å². The van der Waals surface area contributed by atoms with Crippen LogP contribution in [-0.4, -0.2) is 77.1 Å². The van der Waals surface area contributed by atoms with E-state index in [0.717, 1.165) is 77.7 Å². The van der Waals surface area contributed by atoms with E-state index < -0.39 is 0 Å². The SMILES string of the molecule is CCCCC1N(CC2CCCCC2)C(=O)OC12CCN(C1CCN(C(=O)c3ccoc3)CC1)CC2. The molecule has 1 atom stereocenters. The topological polar surface area (TPSA) is 66.2 Å². The van der Waals surface area contributed by atoms with Gasteiger partial charge in [0.1, 0.15) is 11.9 Å². The Morgan fingerprint density at radius 1 is 1.06 bits per heavy atom. The zero-order valence-electron chi connectivity index (χ0n) is 21.5. The van der Waals surface area contributed by atoms with Crippen LogP contribution < -0.4 is 0 Å². The molecule has 0 aromatic carbocycles. The number of hydrogen-bond acceptors (Lipinski definition) is 5. The number of carbonyl (C=O) groups is 2. The van der Waals surface area contributed by atoms with Gasteiger partial charge in [0.25, 0.3) is 5.91 Å². The maximum Gasteiger partial charge on any atom is 0.410 e. The van der Waals surface area contributed by atoms with E-state index in [4.69, 9.17) is 9.15 Å². The van der Waals surface area contributed by atoms with E-state index in [9.17, 15) is 9.59 Å². The van der Waals surface area contributed by atoms with Gasteiger partial charge in [-0.25, -0.2) is 4.79 Å². The zero-order chi connectivity index (χ0) is 24.3. The number of amides is 2. The molecule has 2 amide bonds. The maximum absolute atomic E-state index is 13.1. The van der Waals surface area contributed by atoms with Gasteiger partial charge in [0, 0.05) is 51.6 Å². The Kier molecular flexibility index (Phi) is 7.71. The lowest BCUT2D eigenvalue weighted by Crippen LogP contribution is -2.56. The van der Waals surface area contributed by atoms with Crippen molar-refractivity contribution in [1.29, 1.82) is 0 Å². The normalized spacial score (nSPS) is 26.4. The lowest BCUT2D eigenvalue weighted by Gasteiger charge is -2.46. The molecular weight excluding hydrogens is 442 g/mol. The number of piperidine rings is 2. The smallest absolute Gasteiger partial charge is 0.410 e. The fourth-order valence-electron chi connectivity index (χ4n) is 7.08. The Bertz CT molecular complexity index is 834. The number of carbonyl (C=O) groups excluding carboxylic acids is 2. The van der Waals surface area contributed by atoms with Crippen molar-refractivity contribution in [3.63, 3.8) is 0 Å². The minimum absolute atomic E-state index is 0.0591. The largest absolute Gasteiger partial charge is 0.472 e. The van der Waals surface area contributed by atoms with Crippen molar-refractivity contribution in [1.82, 2.24) is 14.7 Å². The molecule has 4 fully saturated rings. The Morgan fingerprint density at radius 3 is 2.46 bits per heavy atom. The standard InChI is InChI=1S/C28H43N3O4/c1-2-3-9-25-28(35-27(33)31(25)20-22-7-5-4-6-8-22)13-17-29(18-14-28)24-10-15-30(16-11-24)26(32)23-12-19-34-21-23/h12,19,21-22,24-25H,2-11,13-18,20H2,1H3. The molecule has 194 valence electrons. The van der Waals surface area contributed by atoms with Crippen molar-refractivity contribution in [2.75, 3.05) is 32.7 Å². The van der Waals surface area contributed by atoms with Crippen molar-refractivity contribution < 1.29 is 18.7 Å². The Labute approximate surface area is 210 Å². The van der Waals surface area contributed by atoms with E-state index in [1.54, 1.807) is 12.3 Å². The third-order valence-electron chi connectivity index (χ3n) is 9.20. The van der Waals surface area contributed by atoms with E-state index in [2.05, 4.69) is 16.7 Å². The Morgan fingerprint density at radius 2 is 1.80 bits per heavy atom. The number of rotatable bonds is 7. The predicted molar refractivity (Wildman–Crippen MR) is 134 cm³/mol. The molecule has 3 saturated heterocycles. The summed E-state index contributed by atoms with van der Waals surface area (Å²) < 4.78 is 11.4. The van der Waals surface area contributed by atoms with Crippen molar-refractivity contribution in [3.05, 3.63) is 24.2 Å². The van der Waals surface area contributed by atoms with Gasteiger partial charge in [-0.15, -0.1) is 0 Å². The Hall–Kier alpha value is -2.02. The molecule has 1 aromatic heterocycles. The first kappa shape index (κ1) is 24.7. The summed E-state index contributed by atoms with van der Waals surface area (Å²) in [5.41, 5.74) is 0.331. The Balaban J connectivity index is 1.17. The highest BCUT2D eigenvalue weighted by atomic mass is 16.6. The number of likely N-dealkylation sites (tertiary alicyclic amines) is 2. The van der Waals surface area contributed by atoms with E-state index in [1.165, 1.54) is 38.4 Å². The highest BCUT2D eigenvalue weighted by Crippen LogP contribution is 2.42. The summed E-state index contributed by atoms with van der Waals surface area (Å²) in [6.45, 7) is 6.67. The number of ether oxygens (including phenoxy) is 1. The predicted octanol–water partition coefficient (Wildman–Crippen LogP) is 5.31. The van der Waals surface area contributed by atoms with Crippen molar-refractivity contribution in [2.45, 2.75) is 102 Å². The molecule has 4 aliphatic rings. The monoisotopic (exact) mass is 485 g/mol. The van der Waals surface area contributed by atoms with Crippen LogP contribution in [0.3, 0.4) is 0 Å². The summed E-state index contributed by atoms with van der Waals surface area (Å²) in [7, 11) is 0. The second kappa shape index (κ2) is 10.9. The highest BCUT2D eigenvalue weighted by molar-refractivity contribution is 5.93. The molecule has 35 heavy (non-hydrogen) atoms. The second-order valence-corrected chi connectivity index (χ2v) is 11.3. The summed E-state index contributed by atoms with van der Waals surface area (Å²) in [4.78, 5) is 32.5. The van der Waals surface area contributed by atoms with Crippen LogP contribution in [0.4, 0.5) is 4.79 Å². The molecule has 0 N–H and O–H groups in total. The fourth-order valence-corrected chi connectivity index (χ4v) is 7.08. The van der Waals surface area contributed by atoms with Gasteiger partial charge in [0.05, 0.1) is 17.9 Å². The van der Waals surface area contributed by atoms with E-state index in [1.807, 2.05) is 4.90 Å². The quantitative estimate of drug-likeness (QED) is 0.524. The minimum Gasteiger partial charge on any atom is -0.472 e. The molecule has 0 bridgehead atoms. The molecule has 3 aliphatic heterocycles. The van der Waals surface area contributed by atoms with Crippen LogP contribution in [0.5, 0.6) is 0 Å². The van der Waals surface area contributed by atoms with Gasteiger partial charge >= 0.3 is 6.09 Å². The number of hydrogen-bond donors (Lipinski definition) is 0. The van der Waals surface area contributed by atoms with E-state index >= 15 is 0 Å². The zero-order valence-corrected chi connectivity index (χ0v) is 21.5. The number of unbranched alkanes of at least 4 members (excludes halogenated alkanes) is 1. The summed E-state index contributed by atoms with van der Waals surface area (Å²) in [6.07, 6.45) is 16.7. The van der Waals surface area contributed by atoms with Crippen molar-refractivity contribution in [2.24, 2.45) is 5.92 Å². The molecule has 7 heteroatoms. The van der Waals surface area contributed by atoms with Crippen LogP contribution in [-0.2, 0) is 4.74 Å². The summed E-state index contributed by atoms with van der Waals surface area (Å²) >= 11 is 0. The van der Waals surface area contributed by atoms with Crippen LogP contribution in [0.2, 0.25) is 0 Å². The van der Waals surface area contributed by atoms with Crippen molar-refractivity contribution in [3.8, 4) is 0 Å². The summed E-state index contributed by atoms with van der Waals surface area (Å²) in [6, 6.07) is 2.48. The molecule has 1 saturated carbocycles. The molecule has 7 nitrogen and oxygen atoms in total. The first-order valence-electron chi connectivity index (χ1n) is 14.1. The summed E-state index contributed by atoms with van der Waals surface area (Å²) in [5, 5.41) is 0. The average molecular weight is 486 g/mol. The third-order valence-corrected chi connectivity index (χ3v) is 9.20. The van der Waals surface area contributed by atoms with Gasteiger partial charge in [-0.05, 0) is 44.1 Å². The molecule has 1 aliphatic carbocycles. The van der Waals surface area contributed by atoms with Gasteiger partial charge in [-0.2, -0.15) is 0 Å². The maximum atomic E-state index is 13.1. The van der Waals surface area contributed by atoms with Crippen LogP contribution in [0, 0.1) is 5.92 Å². The summed E-state index contributed by atoms with van der Waals surface area (Å²) in [5.74, 6) is 0.718. The molecule has 1 spiro atoms. The van der Waals surface area contributed by atoms with Crippen LogP contribution >= 0.6 is 0 Å². The van der Waals surface area contributed by atoms with Gasteiger partial charge in [0.15, 0.2) is 0 Å². The van der Waals surface area contributed by atoms with Gasteiger partial charge in [0.2, 0.25) is 0 Å². The molecule has 0 radical (unpaired) electrons. The molecule has 5 rings (SSSR count). The van der Waals surface area contributed by atoms with E-state index in [0.29, 0.717) is 17.5 Å². The molecule has 1 unspecified atom stereocenters. The van der Waals surface area contributed by atoms with E-state index in [-0.39, 0.29) is 23.6 Å². The van der Waals surface area contributed by atoms with Crippen LogP contribution in [0.25, 0.3) is 0 Å². The third kappa shape index (κ3) is 5.25. The minimum atomic E-state index is -0.310. The number of nitrogens with zero attached hydrogens (tertiary/aromatic N) is 3. The lowest BCUT2D eigenvalue weighted by atomic mass is 9.80. The highest BCUT2D eigenvalue weighted by Gasteiger charge is 2.55. The van der Waals surface area contributed by atoms with Gasteiger partial charge < -0.3 is 19.0 Å². The molecule has 1 aromatic rings. The first-order valence-corrected chi connectivity index (χ1v) is 14.1. The van der Waals surface area contributed by atoms with Gasteiger partial charge in [-0.3, -0.25) is 9.69 Å². The first-order chi connectivity index (χ1) is 17.1. The molecular formula is C28H43N3O4.